The van der Waals surface area contributed by atoms with E-state index in [0.29, 0.717) is 24.8 Å². The lowest BCUT2D eigenvalue weighted by atomic mass is 10.1. The molecule has 0 amide bonds. The molecule has 1 aliphatic heterocycles. The maximum Gasteiger partial charge on any atom is 0.243 e. The molecule has 0 N–H and O–H groups in total. The van der Waals surface area contributed by atoms with E-state index in [1.54, 1.807) is 19.1 Å². The van der Waals surface area contributed by atoms with Crippen LogP contribution in [0.4, 0.5) is 8.78 Å². The second-order valence-electron chi connectivity index (χ2n) is 5.86. The van der Waals surface area contributed by atoms with Crippen LogP contribution < -0.4 is 4.74 Å². The fraction of sp³-hybridized carbons (Fsp3) is 0.375. The van der Waals surface area contributed by atoms with Crippen molar-refractivity contribution >= 4 is 10.0 Å². The number of benzene rings is 1. The largest absolute Gasteiger partial charge is 0.472 e. The predicted molar refractivity (Wildman–Crippen MR) is 85.5 cm³/mol. The minimum absolute atomic E-state index is 0.0794. The molecule has 0 aliphatic carbocycles. The monoisotopic (exact) mass is 369 g/mol. The lowest BCUT2D eigenvalue weighted by molar-refractivity contribution is 0.123. The van der Waals surface area contributed by atoms with E-state index < -0.39 is 32.7 Å². The van der Waals surface area contributed by atoms with Crippen LogP contribution in [0, 0.1) is 18.6 Å². The maximum absolute atomic E-state index is 13.4. The van der Waals surface area contributed by atoms with Gasteiger partial charge >= 0.3 is 0 Å². The van der Waals surface area contributed by atoms with Crippen molar-refractivity contribution in [2.24, 2.45) is 0 Å². The number of nitrogens with zero attached hydrogens (tertiary/aromatic N) is 3. The van der Waals surface area contributed by atoms with Crippen molar-refractivity contribution < 1.29 is 21.9 Å². The quantitative estimate of drug-likeness (QED) is 0.827. The number of rotatable bonds is 4. The minimum atomic E-state index is -4.00. The molecular formula is C16H17F2N3O3S. The topological polar surface area (TPSA) is 72.4 Å². The fourth-order valence-electron chi connectivity index (χ4n) is 2.67. The number of sulfonamides is 1. The lowest BCUT2D eigenvalue weighted by Crippen LogP contribution is -2.44. The lowest BCUT2D eigenvalue weighted by Gasteiger charge is -2.31. The molecule has 3 rings (SSSR count). The third kappa shape index (κ3) is 4.10. The Balaban J connectivity index is 1.76. The number of hydrogen-bond acceptors (Lipinski definition) is 5. The zero-order valence-corrected chi connectivity index (χ0v) is 14.3. The Labute approximate surface area is 144 Å². The van der Waals surface area contributed by atoms with Gasteiger partial charge in [0.2, 0.25) is 15.9 Å². The Morgan fingerprint density at radius 1 is 1.16 bits per heavy atom. The highest BCUT2D eigenvalue weighted by molar-refractivity contribution is 7.89. The van der Waals surface area contributed by atoms with E-state index in [-0.39, 0.29) is 13.1 Å². The van der Waals surface area contributed by atoms with Crippen LogP contribution >= 0.6 is 0 Å². The van der Waals surface area contributed by atoms with Gasteiger partial charge in [-0.15, -0.1) is 5.10 Å². The van der Waals surface area contributed by atoms with Gasteiger partial charge in [0.25, 0.3) is 0 Å². The summed E-state index contributed by atoms with van der Waals surface area (Å²) in [6, 6.07) is 5.67. The average Bonchev–Trinajstić information content (AvgIpc) is 2.56. The molecule has 0 radical (unpaired) electrons. The van der Waals surface area contributed by atoms with E-state index in [1.165, 1.54) is 4.31 Å². The van der Waals surface area contributed by atoms with Crippen molar-refractivity contribution in [1.82, 2.24) is 14.5 Å². The summed E-state index contributed by atoms with van der Waals surface area (Å²) < 4.78 is 58.9. The second kappa shape index (κ2) is 7.01. The molecule has 1 atom stereocenters. The standard InChI is InChI=1S/C16H17F2N3O3S/c1-11-4-5-16(20-19-11)24-14-3-2-6-21(10-14)25(22,23)15-8-12(17)7-13(18)9-15/h4-5,7-9,14H,2-3,6,10H2,1H3. The van der Waals surface area contributed by atoms with Gasteiger partial charge in [0.15, 0.2) is 0 Å². The van der Waals surface area contributed by atoms with Crippen LogP contribution in [0.1, 0.15) is 18.5 Å². The van der Waals surface area contributed by atoms with Crippen molar-refractivity contribution in [3.05, 3.63) is 47.7 Å². The highest BCUT2D eigenvalue weighted by atomic mass is 32.2. The summed E-state index contributed by atoms with van der Waals surface area (Å²) in [6.45, 7) is 2.14. The molecule has 0 bridgehead atoms. The van der Waals surface area contributed by atoms with Gasteiger partial charge in [0.1, 0.15) is 17.7 Å². The molecule has 1 aromatic carbocycles. The number of piperidine rings is 1. The summed E-state index contributed by atoms with van der Waals surface area (Å²) in [7, 11) is -4.00. The Morgan fingerprint density at radius 2 is 1.88 bits per heavy atom. The van der Waals surface area contributed by atoms with Crippen LogP contribution in [0.15, 0.2) is 35.2 Å². The second-order valence-corrected chi connectivity index (χ2v) is 7.80. The molecule has 0 saturated carbocycles. The predicted octanol–water partition coefficient (Wildman–Crippen LogP) is 2.30. The zero-order chi connectivity index (χ0) is 18.0. The molecule has 1 aliphatic rings. The molecule has 1 unspecified atom stereocenters. The van der Waals surface area contributed by atoms with E-state index >= 15 is 0 Å². The number of halogens is 2. The van der Waals surface area contributed by atoms with Crippen molar-refractivity contribution in [2.45, 2.75) is 30.8 Å². The fourth-order valence-corrected chi connectivity index (χ4v) is 4.22. The molecule has 2 heterocycles. The Hall–Kier alpha value is -2.13. The number of aromatic nitrogens is 2. The third-order valence-electron chi connectivity index (χ3n) is 3.88. The highest BCUT2D eigenvalue weighted by Gasteiger charge is 2.32. The molecule has 134 valence electrons. The normalized spacial score (nSPS) is 18.9. The van der Waals surface area contributed by atoms with Crippen LogP contribution in [0.2, 0.25) is 0 Å². The Kier molecular flexibility index (Phi) is 4.96. The number of ether oxygens (including phenoxy) is 1. The van der Waals surface area contributed by atoms with Gasteiger partial charge in [0.05, 0.1) is 17.1 Å². The summed E-state index contributed by atoms with van der Waals surface area (Å²) in [5.74, 6) is -1.55. The zero-order valence-electron chi connectivity index (χ0n) is 13.5. The molecule has 1 fully saturated rings. The minimum Gasteiger partial charge on any atom is -0.472 e. The molecule has 2 aromatic rings. The average molecular weight is 369 g/mol. The number of hydrogen-bond donors (Lipinski definition) is 0. The number of aryl methyl sites for hydroxylation is 1. The van der Waals surface area contributed by atoms with Gasteiger partial charge in [-0.3, -0.25) is 0 Å². The van der Waals surface area contributed by atoms with Crippen LogP contribution in [-0.4, -0.2) is 42.1 Å². The van der Waals surface area contributed by atoms with Gasteiger partial charge in [-0.1, -0.05) is 0 Å². The third-order valence-corrected chi connectivity index (χ3v) is 5.72. The van der Waals surface area contributed by atoms with Crippen LogP contribution in [0.25, 0.3) is 0 Å². The molecule has 1 aromatic heterocycles. The first-order chi connectivity index (χ1) is 11.8. The van der Waals surface area contributed by atoms with E-state index in [1.807, 2.05) is 0 Å². The smallest absolute Gasteiger partial charge is 0.243 e. The van der Waals surface area contributed by atoms with E-state index in [0.717, 1.165) is 17.8 Å². The summed E-state index contributed by atoms with van der Waals surface area (Å²) in [5, 5.41) is 7.79. The van der Waals surface area contributed by atoms with E-state index in [9.17, 15) is 17.2 Å². The molecule has 9 heteroatoms. The van der Waals surface area contributed by atoms with Crippen molar-refractivity contribution in [2.75, 3.05) is 13.1 Å². The maximum atomic E-state index is 13.4. The Bertz CT molecular complexity index is 839. The van der Waals surface area contributed by atoms with Crippen LogP contribution in [0.3, 0.4) is 0 Å². The first kappa shape index (κ1) is 17.7. The molecule has 0 spiro atoms. The SMILES string of the molecule is Cc1ccc(OC2CCCN(S(=O)(=O)c3cc(F)cc(F)c3)C2)nn1. The highest BCUT2D eigenvalue weighted by Crippen LogP contribution is 2.24. The van der Waals surface area contributed by atoms with Gasteiger partial charge in [0, 0.05) is 18.7 Å². The summed E-state index contributed by atoms with van der Waals surface area (Å²) in [4.78, 5) is -0.402. The first-order valence-corrected chi connectivity index (χ1v) is 9.22. The molecule has 1 saturated heterocycles. The van der Waals surface area contributed by atoms with Gasteiger partial charge in [-0.2, -0.15) is 9.40 Å². The van der Waals surface area contributed by atoms with Crippen molar-refractivity contribution in [3.8, 4) is 5.88 Å². The van der Waals surface area contributed by atoms with Crippen molar-refractivity contribution in [3.63, 3.8) is 0 Å². The molecular weight excluding hydrogens is 352 g/mol. The van der Waals surface area contributed by atoms with Crippen molar-refractivity contribution in [1.29, 1.82) is 0 Å². The first-order valence-electron chi connectivity index (χ1n) is 7.78. The Morgan fingerprint density at radius 3 is 2.52 bits per heavy atom. The summed E-state index contributed by atoms with van der Waals surface area (Å²) >= 11 is 0. The van der Waals surface area contributed by atoms with Gasteiger partial charge in [-0.25, -0.2) is 17.2 Å². The molecule has 25 heavy (non-hydrogen) atoms. The van der Waals surface area contributed by atoms with E-state index in [4.69, 9.17) is 4.74 Å². The molecule has 6 nitrogen and oxygen atoms in total. The van der Waals surface area contributed by atoms with E-state index in [2.05, 4.69) is 10.2 Å². The summed E-state index contributed by atoms with van der Waals surface area (Å²) in [5.41, 5.74) is 0.744. The summed E-state index contributed by atoms with van der Waals surface area (Å²) in [6.07, 6.45) is 0.819. The van der Waals surface area contributed by atoms with Crippen LogP contribution in [-0.2, 0) is 10.0 Å². The van der Waals surface area contributed by atoms with Crippen LogP contribution in [0.5, 0.6) is 5.88 Å². The van der Waals surface area contributed by atoms with Gasteiger partial charge < -0.3 is 4.74 Å². The van der Waals surface area contributed by atoms with Gasteiger partial charge in [-0.05, 0) is 38.0 Å².